The van der Waals surface area contributed by atoms with Crippen molar-refractivity contribution in [3.05, 3.63) is 18.2 Å². The minimum absolute atomic E-state index is 0.0829. The van der Waals surface area contributed by atoms with Gasteiger partial charge in [-0.1, -0.05) is 13.8 Å². The number of piperidine rings is 1. The third-order valence-corrected chi connectivity index (χ3v) is 4.12. The van der Waals surface area contributed by atoms with E-state index in [1.165, 1.54) is 0 Å². The Morgan fingerprint density at radius 1 is 1.38 bits per heavy atom. The first-order chi connectivity index (χ1) is 11.4. The van der Waals surface area contributed by atoms with E-state index in [1.807, 2.05) is 13.8 Å². The van der Waals surface area contributed by atoms with E-state index in [9.17, 15) is 9.59 Å². The van der Waals surface area contributed by atoms with Gasteiger partial charge in [0.25, 0.3) is 0 Å². The van der Waals surface area contributed by atoms with E-state index >= 15 is 0 Å². The summed E-state index contributed by atoms with van der Waals surface area (Å²) in [6.45, 7) is 4.72. The Hall–Kier alpha value is -2.08. The second kappa shape index (κ2) is 8.15. The van der Waals surface area contributed by atoms with Gasteiger partial charge >= 0.3 is 0 Å². The molecule has 0 radical (unpaired) electrons. The lowest BCUT2D eigenvalue weighted by Crippen LogP contribution is -2.37. The van der Waals surface area contributed by atoms with E-state index in [0.29, 0.717) is 42.4 Å². The van der Waals surface area contributed by atoms with Crippen LogP contribution in [0.15, 0.2) is 18.2 Å². The van der Waals surface area contributed by atoms with Crippen LogP contribution in [0.5, 0.6) is 5.75 Å². The van der Waals surface area contributed by atoms with Gasteiger partial charge in [0.1, 0.15) is 5.75 Å². The second-order valence-corrected chi connectivity index (χ2v) is 6.61. The highest BCUT2D eigenvalue weighted by Gasteiger charge is 2.23. The smallest absolute Gasteiger partial charge is 0.241 e. The normalized spacial score (nSPS) is 16.2. The molecule has 0 aromatic heterocycles. The number of ether oxygens (including phenoxy) is 1. The molecule has 1 aliphatic rings. The van der Waals surface area contributed by atoms with Crippen molar-refractivity contribution in [1.29, 1.82) is 0 Å². The van der Waals surface area contributed by atoms with Crippen molar-refractivity contribution < 1.29 is 14.3 Å². The van der Waals surface area contributed by atoms with Gasteiger partial charge < -0.3 is 20.7 Å². The number of amides is 2. The lowest BCUT2D eigenvalue weighted by atomic mass is 10.0. The molecular weight excluding hydrogens is 306 g/mol. The van der Waals surface area contributed by atoms with Gasteiger partial charge in [0.15, 0.2) is 0 Å². The van der Waals surface area contributed by atoms with Crippen LogP contribution in [0.25, 0.3) is 0 Å². The SMILES string of the molecule is COc1ccc(NC(=O)[C@@H](N)CC(C)C)cc1N1CCCCC1=O. The largest absolute Gasteiger partial charge is 0.495 e. The summed E-state index contributed by atoms with van der Waals surface area (Å²) in [7, 11) is 1.57. The number of nitrogens with one attached hydrogen (secondary N) is 1. The van der Waals surface area contributed by atoms with Crippen molar-refractivity contribution in [2.75, 3.05) is 23.9 Å². The molecule has 3 N–H and O–H groups in total. The zero-order valence-electron chi connectivity index (χ0n) is 14.7. The topological polar surface area (TPSA) is 84.7 Å². The second-order valence-electron chi connectivity index (χ2n) is 6.61. The molecule has 1 aromatic carbocycles. The number of rotatable bonds is 6. The van der Waals surface area contributed by atoms with Crippen LogP contribution in [-0.2, 0) is 9.59 Å². The fourth-order valence-electron chi connectivity index (χ4n) is 2.89. The summed E-state index contributed by atoms with van der Waals surface area (Å²) < 4.78 is 5.38. The van der Waals surface area contributed by atoms with Crippen molar-refractivity contribution in [3.63, 3.8) is 0 Å². The molecule has 0 bridgehead atoms. The van der Waals surface area contributed by atoms with E-state index in [2.05, 4.69) is 5.32 Å². The number of carbonyl (C=O) groups is 2. The van der Waals surface area contributed by atoms with Crippen LogP contribution in [0, 0.1) is 5.92 Å². The van der Waals surface area contributed by atoms with Gasteiger partial charge in [-0.15, -0.1) is 0 Å². The molecule has 1 heterocycles. The van der Waals surface area contributed by atoms with Crippen LogP contribution in [0.3, 0.4) is 0 Å². The molecule has 2 amide bonds. The van der Waals surface area contributed by atoms with Crippen LogP contribution in [0.2, 0.25) is 0 Å². The average molecular weight is 333 g/mol. The van der Waals surface area contributed by atoms with Crippen LogP contribution in [0.4, 0.5) is 11.4 Å². The lowest BCUT2D eigenvalue weighted by molar-refractivity contribution is -0.119. The Morgan fingerprint density at radius 2 is 2.12 bits per heavy atom. The molecule has 0 saturated carbocycles. The van der Waals surface area contributed by atoms with Crippen LogP contribution < -0.4 is 20.7 Å². The zero-order valence-corrected chi connectivity index (χ0v) is 14.7. The third kappa shape index (κ3) is 4.47. The Morgan fingerprint density at radius 3 is 2.75 bits per heavy atom. The third-order valence-electron chi connectivity index (χ3n) is 4.12. The molecule has 132 valence electrons. The molecule has 6 nitrogen and oxygen atoms in total. The zero-order chi connectivity index (χ0) is 17.7. The summed E-state index contributed by atoms with van der Waals surface area (Å²) in [5, 5.41) is 2.84. The minimum atomic E-state index is -0.549. The maximum Gasteiger partial charge on any atom is 0.241 e. The predicted octanol–water partition coefficient (Wildman–Crippen LogP) is 2.52. The molecule has 0 spiro atoms. The molecular formula is C18H27N3O3. The standard InChI is InChI=1S/C18H27N3O3/c1-12(2)10-14(19)18(23)20-13-7-8-16(24-3)15(11-13)21-9-5-4-6-17(21)22/h7-8,11-12,14H,4-6,9-10,19H2,1-3H3,(H,20,23)/t14-/m0/s1. The predicted molar refractivity (Wildman–Crippen MR) is 95.3 cm³/mol. The number of methoxy groups -OCH3 is 1. The summed E-state index contributed by atoms with van der Waals surface area (Å²) in [6.07, 6.45) is 3.04. The van der Waals surface area contributed by atoms with Gasteiger partial charge in [-0.2, -0.15) is 0 Å². The van der Waals surface area contributed by atoms with Crippen molar-refractivity contribution in [1.82, 2.24) is 0 Å². The number of carbonyl (C=O) groups excluding carboxylic acids is 2. The van der Waals surface area contributed by atoms with Crippen molar-refractivity contribution in [2.24, 2.45) is 11.7 Å². The summed E-state index contributed by atoms with van der Waals surface area (Å²) >= 11 is 0. The van der Waals surface area contributed by atoms with E-state index in [1.54, 1.807) is 30.2 Å². The first-order valence-electron chi connectivity index (χ1n) is 8.47. The van der Waals surface area contributed by atoms with Crippen LogP contribution in [-0.4, -0.2) is 31.5 Å². The Kier molecular flexibility index (Phi) is 6.20. The number of hydrogen-bond donors (Lipinski definition) is 2. The fourth-order valence-corrected chi connectivity index (χ4v) is 2.89. The first kappa shape index (κ1) is 18.3. The average Bonchev–Trinajstić information content (AvgIpc) is 2.54. The van der Waals surface area contributed by atoms with Gasteiger partial charge in [0, 0.05) is 18.7 Å². The van der Waals surface area contributed by atoms with Crippen LogP contribution in [0.1, 0.15) is 39.5 Å². The molecule has 1 aliphatic heterocycles. The van der Waals surface area contributed by atoms with Crippen LogP contribution >= 0.6 is 0 Å². The Labute approximate surface area is 143 Å². The number of benzene rings is 1. The molecule has 1 saturated heterocycles. The molecule has 0 unspecified atom stereocenters. The quantitative estimate of drug-likeness (QED) is 0.838. The van der Waals surface area contributed by atoms with Crippen molar-refractivity contribution >= 4 is 23.2 Å². The Bertz CT molecular complexity index is 601. The molecule has 6 heteroatoms. The molecule has 0 aliphatic carbocycles. The first-order valence-corrected chi connectivity index (χ1v) is 8.47. The van der Waals surface area contributed by atoms with Gasteiger partial charge in [-0.25, -0.2) is 0 Å². The molecule has 24 heavy (non-hydrogen) atoms. The van der Waals surface area contributed by atoms with Gasteiger partial charge in [-0.05, 0) is 43.4 Å². The maximum absolute atomic E-state index is 12.2. The summed E-state index contributed by atoms with van der Waals surface area (Å²) in [5.74, 6) is 0.835. The highest BCUT2D eigenvalue weighted by atomic mass is 16.5. The molecule has 2 rings (SSSR count). The van der Waals surface area contributed by atoms with Crippen molar-refractivity contribution in [3.8, 4) is 5.75 Å². The summed E-state index contributed by atoms with van der Waals surface area (Å²) in [5.41, 5.74) is 7.23. The molecule has 1 atom stereocenters. The summed E-state index contributed by atoms with van der Waals surface area (Å²) in [4.78, 5) is 26.1. The van der Waals surface area contributed by atoms with E-state index < -0.39 is 6.04 Å². The van der Waals surface area contributed by atoms with E-state index in [4.69, 9.17) is 10.5 Å². The number of anilines is 2. The number of hydrogen-bond acceptors (Lipinski definition) is 4. The van der Waals surface area contributed by atoms with E-state index in [-0.39, 0.29) is 11.8 Å². The van der Waals surface area contributed by atoms with Gasteiger partial charge in [0.05, 0.1) is 18.8 Å². The van der Waals surface area contributed by atoms with Gasteiger partial charge in [0.2, 0.25) is 11.8 Å². The number of nitrogens with zero attached hydrogens (tertiary/aromatic N) is 1. The minimum Gasteiger partial charge on any atom is -0.495 e. The number of nitrogens with two attached hydrogens (primary N) is 1. The summed E-state index contributed by atoms with van der Waals surface area (Å²) in [6, 6.07) is 4.76. The fraction of sp³-hybridized carbons (Fsp3) is 0.556. The molecule has 1 aromatic rings. The van der Waals surface area contributed by atoms with Crippen molar-refractivity contribution in [2.45, 2.75) is 45.6 Å². The monoisotopic (exact) mass is 333 g/mol. The lowest BCUT2D eigenvalue weighted by Gasteiger charge is -2.28. The van der Waals surface area contributed by atoms with E-state index in [0.717, 1.165) is 12.8 Å². The maximum atomic E-state index is 12.2. The molecule has 1 fully saturated rings. The Balaban J connectivity index is 2.19. The highest BCUT2D eigenvalue weighted by molar-refractivity contribution is 5.98. The van der Waals surface area contributed by atoms with Gasteiger partial charge in [-0.3, -0.25) is 9.59 Å². The highest BCUT2D eigenvalue weighted by Crippen LogP contribution is 2.33.